The zero-order valence-electron chi connectivity index (χ0n) is 11.1. The van der Waals surface area contributed by atoms with Gasteiger partial charge in [0.1, 0.15) is 0 Å². The normalized spacial score (nSPS) is 21.8. The molecular formula is C13H15BrFN5O. The van der Waals surface area contributed by atoms with Gasteiger partial charge in [-0.2, -0.15) is 5.10 Å². The molecule has 1 aliphatic rings. The van der Waals surface area contributed by atoms with Crippen LogP contribution in [0.5, 0.6) is 0 Å². The van der Waals surface area contributed by atoms with Crippen molar-refractivity contribution >= 4 is 33.0 Å². The Labute approximate surface area is 129 Å². The van der Waals surface area contributed by atoms with E-state index < -0.39 is 12.6 Å². The molecule has 0 spiro atoms. The largest absolute Gasteiger partial charge is 0.378 e. The Hall–Kier alpha value is -1.67. The monoisotopic (exact) mass is 355 g/mol. The van der Waals surface area contributed by atoms with Crippen molar-refractivity contribution in [2.75, 3.05) is 25.1 Å². The van der Waals surface area contributed by atoms with Crippen molar-refractivity contribution in [1.82, 2.24) is 14.9 Å². The summed E-state index contributed by atoms with van der Waals surface area (Å²) in [6.45, 7) is 0.845. The molecule has 8 heteroatoms. The van der Waals surface area contributed by atoms with Crippen LogP contribution < -0.4 is 16.4 Å². The first-order valence-corrected chi connectivity index (χ1v) is 7.39. The van der Waals surface area contributed by atoms with Gasteiger partial charge in [0.05, 0.1) is 29.6 Å². The summed E-state index contributed by atoms with van der Waals surface area (Å²) in [6, 6.07) is 1.75. The third-order valence-corrected chi connectivity index (χ3v) is 4.17. The van der Waals surface area contributed by atoms with Crippen LogP contribution >= 0.6 is 15.9 Å². The van der Waals surface area contributed by atoms with Gasteiger partial charge in [-0.05, 0) is 22.0 Å². The number of nitrogens with zero attached hydrogens (tertiary/aromatic N) is 2. The molecule has 1 aliphatic heterocycles. The molecule has 0 unspecified atom stereocenters. The molecule has 1 saturated heterocycles. The lowest BCUT2D eigenvalue weighted by Gasteiger charge is -2.20. The number of aromatic nitrogens is 2. The molecule has 0 radical (unpaired) electrons. The Morgan fingerprint density at radius 1 is 1.62 bits per heavy atom. The van der Waals surface area contributed by atoms with Crippen LogP contribution in [0.2, 0.25) is 0 Å². The molecule has 112 valence electrons. The summed E-state index contributed by atoms with van der Waals surface area (Å²) in [5, 5.41) is 10.6. The van der Waals surface area contributed by atoms with Crippen molar-refractivity contribution in [2.24, 2.45) is 11.7 Å². The Bertz CT molecular complexity index is 688. The van der Waals surface area contributed by atoms with Gasteiger partial charge in [0.25, 0.3) is 5.91 Å². The number of fused-ring (bicyclic) bond motifs is 1. The first kappa shape index (κ1) is 14.3. The highest BCUT2D eigenvalue weighted by Gasteiger charge is 2.28. The van der Waals surface area contributed by atoms with Crippen molar-refractivity contribution in [3.63, 3.8) is 0 Å². The molecule has 2 atom stereocenters. The summed E-state index contributed by atoms with van der Waals surface area (Å²) in [5.41, 5.74) is 7.05. The Balaban J connectivity index is 2.05. The SMILES string of the molecule is NC(=O)c1cnn2cc(Br)cc2c1N[C@@H]1CNC[C@@H]1CF. The quantitative estimate of drug-likeness (QED) is 0.768. The predicted molar refractivity (Wildman–Crippen MR) is 81.2 cm³/mol. The number of nitrogens with two attached hydrogens (primary N) is 1. The summed E-state index contributed by atoms with van der Waals surface area (Å²) in [7, 11) is 0. The zero-order chi connectivity index (χ0) is 15.0. The average molecular weight is 356 g/mol. The van der Waals surface area contributed by atoms with Gasteiger partial charge in [-0.3, -0.25) is 9.18 Å². The summed E-state index contributed by atoms with van der Waals surface area (Å²) < 4.78 is 15.5. The molecular weight excluding hydrogens is 341 g/mol. The molecule has 2 aromatic rings. The summed E-state index contributed by atoms with van der Waals surface area (Å²) in [4.78, 5) is 11.6. The molecule has 4 N–H and O–H groups in total. The van der Waals surface area contributed by atoms with Gasteiger partial charge in [0.2, 0.25) is 0 Å². The first-order chi connectivity index (χ1) is 10.1. The molecule has 0 aromatic carbocycles. The number of hydrogen-bond donors (Lipinski definition) is 3. The van der Waals surface area contributed by atoms with Gasteiger partial charge >= 0.3 is 0 Å². The number of hydrogen-bond acceptors (Lipinski definition) is 4. The smallest absolute Gasteiger partial charge is 0.252 e. The fraction of sp³-hybridized carbons (Fsp3) is 0.385. The van der Waals surface area contributed by atoms with Crippen LogP contribution in [0.1, 0.15) is 10.4 Å². The van der Waals surface area contributed by atoms with E-state index in [9.17, 15) is 9.18 Å². The lowest BCUT2D eigenvalue weighted by atomic mass is 10.0. The molecule has 2 aromatic heterocycles. The zero-order valence-corrected chi connectivity index (χ0v) is 12.7. The van der Waals surface area contributed by atoms with Crippen molar-refractivity contribution < 1.29 is 9.18 Å². The van der Waals surface area contributed by atoms with Gasteiger partial charge in [0.15, 0.2) is 0 Å². The molecule has 0 bridgehead atoms. The summed E-state index contributed by atoms with van der Waals surface area (Å²) in [6.07, 6.45) is 3.21. The maximum absolute atomic E-state index is 13.0. The predicted octanol–water partition coefficient (Wildman–Crippen LogP) is 1.17. The summed E-state index contributed by atoms with van der Waals surface area (Å²) in [5.74, 6) is -0.690. The fourth-order valence-corrected chi connectivity index (χ4v) is 3.02. The number of alkyl halides is 1. The van der Waals surface area contributed by atoms with Crippen LogP contribution in [0.25, 0.3) is 5.52 Å². The molecule has 3 rings (SSSR count). The van der Waals surface area contributed by atoms with Crippen molar-refractivity contribution in [3.05, 3.63) is 28.5 Å². The minimum Gasteiger partial charge on any atom is -0.378 e. The van der Waals surface area contributed by atoms with E-state index in [1.54, 1.807) is 10.7 Å². The van der Waals surface area contributed by atoms with Gasteiger partial charge in [0, 0.05) is 35.7 Å². The molecule has 1 fully saturated rings. The number of amides is 1. The molecule has 1 amide bonds. The highest BCUT2D eigenvalue weighted by atomic mass is 79.9. The van der Waals surface area contributed by atoms with E-state index in [4.69, 9.17) is 5.73 Å². The van der Waals surface area contributed by atoms with E-state index in [2.05, 4.69) is 31.7 Å². The van der Waals surface area contributed by atoms with E-state index in [0.29, 0.717) is 24.3 Å². The first-order valence-electron chi connectivity index (χ1n) is 6.60. The third kappa shape index (κ3) is 2.60. The van der Waals surface area contributed by atoms with E-state index in [0.717, 1.165) is 9.99 Å². The highest BCUT2D eigenvalue weighted by Crippen LogP contribution is 2.27. The van der Waals surface area contributed by atoms with E-state index in [-0.39, 0.29) is 12.0 Å². The lowest BCUT2D eigenvalue weighted by molar-refractivity contribution is 0.100. The van der Waals surface area contributed by atoms with Crippen molar-refractivity contribution in [2.45, 2.75) is 6.04 Å². The van der Waals surface area contributed by atoms with Crippen LogP contribution in [0, 0.1) is 5.92 Å². The Morgan fingerprint density at radius 3 is 3.14 bits per heavy atom. The van der Waals surface area contributed by atoms with Crippen molar-refractivity contribution in [1.29, 1.82) is 0 Å². The van der Waals surface area contributed by atoms with E-state index in [1.807, 2.05) is 6.07 Å². The Kier molecular flexibility index (Phi) is 3.81. The minimum absolute atomic E-state index is 0.0898. The second-order valence-electron chi connectivity index (χ2n) is 5.11. The maximum atomic E-state index is 13.0. The summed E-state index contributed by atoms with van der Waals surface area (Å²) >= 11 is 3.38. The number of carbonyl (C=O) groups excluding carboxylic acids is 1. The minimum atomic E-state index is -0.562. The van der Waals surface area contributed by atoms with E-state index in [1.165, 1.54) is 6.20 Å². The van der Waals surface area contributed by atoms with Gasteiger partial charge < -0.3 is 16.4 Å². The number of nitrogens with one attached hydrogen (secondary N) is 2. The van der Waals surface area contributed by atoms with Gasteiger partial charge in [-0.15, -0.1) is 0 Å². The number of primary amides is 1. The van der Waals surface area contributed by atoms with Crippen molar-refractivity contribution in [3.8, 4) is 0 Å². The highest BCUT2D eigenvalue weighted by molar-refractivity contribution is 9.10. The van der Waals surface area contributed by atoms with Crippen LogP contribution in [-0.2, 0) is 0 Å². The second-order valence-corrected chi connectivity index (χ2v) is 6.02. The number of carbonyl (C=O) groups is 1. The van der Waals surface area contributed by atoms with Gasteiger partial charge in [-0.1, -0.05) is 0 Å². The van der Waals surface area contributed by atoms with Gasteiger partial charge in [-0.25, -0.2) is 4.52 Å². The molecule has 0 saturated carbocycles. The van der Waals surface area contributed by atoms with E-state index >= 15 is 0 Å². The van der Waals surface area contributed by atoms with Crippen LogP contribution in [-0.4, -0.2) is 41.3 Å². The average Bonchev–Trinajstić information content (AvgIpc) is 3.03. The second kappa shape index (κ2) is 5.61. The topological polar surface area (TPSA) is 84.5 Å². The Morgan fingerprint density at radius 2 is 2.43 bits per heavy atom. The fourth-order valence-electron chi connectivity index (χ4n) is 2.61. The number of halogens is 2. The molecule has 21 heavy (non-hydrogen) atoms. The standard InChI is InChI=1S/C13H15BrFN5O/c14-8-1-11-12(19-10-5-17-3-7(10)2-15)9(13(16)21)4-18-20(11)6-8/h1,4,6-7,10,17,19H,2-3,5H2,(H2,16,21)/t7-,10+/m0/s1. The lowest BCUT2D eigenvalue weighted by Crippen LogP contribution is -2.31. The molecule has 6 nitrogen and oxygen atoms in total. The molecule has 3 heterocycles. The van der Waals surface area contributed by atoms with Crippen LogP contribution in [0.4, 0.5) is 10.1 Å². The number of anilines is 1. The third-order valence-electron chi connectivity index (χ3n) is 3.74. The molecule has 0 aliphatic carbocycles. The number of rotatable bonds is 4. The van der Waals surface area contributed by atoms with Crippen LogP contribution in [0.15, 0.2) is 22.9 Å². The van der Waals surface area contributed by atoms with Crippen LogP contribution in [0.3, 0.4) is 0 Å². The maximum Gasteiger partial charge on any atom is 0.252 e.